The van der Waals surface area contributed by atoms with E-state index in [1.165, 1.54) is 11.0 Å². The van der Waals surface area contributed by atoms with Gasteiger partial charge in [-0.3, -0.25) is 9.69 Å². The molecule has 0 atom stereocenters. The summed E-state index contributed by atoms with van der Waals surface area (Å²) in [6, 6.07) is 4.17. The average molecular weight is 424 g/mol. The number of hydrogen-bond acceptors (Lipinski definition) is 3. The number of carbonyl (C=O) groups excluding carboxylic acids is 2. The second kappa shape index (κ2) is 8.23. The van der Waals surface area contributed by atoms with Gasteiger partial charge in [-0.2, -0.15) is 0 Å². The summed E-state index contributed by atoms with van der Waals surface area (Å²) in [7, 11) is 1.75. The summed E-state index contributed by atoms with van der Waals surface area (Å²) >= 11 is 6.10. The van der Waals surface area contributed by atoms with Crippen molar-refractivity contribution in [1.29, 1.82) is 0 Å². The monoisotopic (exact) mass is 423 g/mol. The SMILES string of the molecule is CCC(C)(C)C1CCC2(CC1)NC(=O)N(CN(C)Cc1c(F)cccc1Cl)C2=O. The van der Waals surface area contributed by atoms with Crippen LogP contribution in [-0.2, 0) is 11.3 Å². The molecule has 1 saturated carbocycles. The molecule has 1 aliphatic carbocycles. The van der Waals surface area contributed by atoms with E-state index >= 15 is 0 Å². The van der Waals surface area contributed by atoms with Crippen molar-refractivity contribution in [2.75, 3.05) is 13.7 Å². The van der Waals surface area contributed by atoms with Crippen LogP contribution in [-0.4, -0.2) is 41.0 Å². The highest BCUT2D eigenvalue weighted by atomic mass is 35.5. The topological polar surface area (TPSA) is 52.7 Å². The number of nitrogens with one attached hydrogen (secondary N) is 1. The average Bonchev–Trinajstić information content (AvgIpc) is 2.89. The van der Waals surface area contributed by atoms with Gasteiger partial charge in [-0.25, -0.2) is 14.1 Å². The molecule has 1 aromatic carbocycles. The van der Waals surface area contributed by atoms with Crippen LogP contribution in [0.2, 0.25) is 5.02 Å². The van der Waals surface area contributed by atoms with Gasteiger partial charge >= 0.3 is 6.03 Å². The molecule has 0 bridgehead atoms. The van der Waals surface area contributed by atoms with Gasteiger partial charge in [0.05, 0.1) is 6.67 Å². The molecule has 0 radical (unpaired) electrons. The van der Waals surface area contributed by atoms with Crippen molar-refractivity contribution in [1.82, 2.24) is 15.1 Å². The minimum absolute atomic E-state index is 0.0982. The maximum absolute atomic E-state index is 14.1. The second-order valence-corrected chi connectivity index (χ2v) is 9.62. The van der Waals surface area contributed by atoms with Crippen LogP contribution in [0.1, 0.15) is 58.4 Å². The first-order valence-electron chi connectivity index (χ1n) is 10.3. The molecule has 160 valence electrons. The molecule has 1 N–H and O–H groups in total. The van der Waals surface area contributed by atoms with Gasteiger partial charge in [0.25, 0.3) is 5.91 Å². The highest BCUT2D eigenvalue weighted by molar-refractivity contribution is 6.31. The number of imide groups is 1. The van der Waals surface area contributed by atoms with E-state index in [4.69, 9.17) is 11.6 Å². The van der Waals surface area contributed by atoms with Crippen LogP contribution >= 0.6 is 11.6 Å². The van der Waals surface area contributed by atoms with Gasteiger partial charge in [-0.05, 0) is 56.2 Å². The molecule has 1 spiro atoms. The van der Waals surface area contributed by atoms with Crippen molar-refractivity contribution in [2.45, 2.75) is 65.0 Å². The molecule has 0 unspecified atom stereocenters. The minimum Gasteiger partial charge on any atom is -0.323 e. The maximum atomic E-state index is 14.1. The summed E-state index contributed by atoms with van der Waals surface area (Å²) in [6.07, 6.45) is 4.30. The molecule has 1 aromatic rings. The van der Waals surface area contributed by atoms with E-state index in [0.717, 1.165) is 19.3 Å². The van der Waals surface area contributed by atoms with Gasteiger partial charge in [-0.1, -0.05) is 44.9 Å². The Balaban J connectivity index is 1.65. The molecule has 1 heterocycles. The van der Waals surface area contributed by atoms with Crippen LogP contribution < -0.4 is 5.32 Å². The van der Waals surface area contributed by atoms with Crippen LogP contribution in [0.4, 0.5) is 9.18 Å². The van der Waals surface area contributed by atoms with E-state index < -0.39 is 11.4 Å². The fourth-order valence-corrected chi connectivity index (χ4v) is 4.79. The van der Waals surface area contributed by atoms with Gasteiger partial charge < -0.3 is 5.32 Å². The van der Waals surface area contributed by atoms with Crippen molar-refractivity contribution >= 4 is 23.5 Å². The Morgan fingerprint density at radius 1 is 1.31 bits per heavy atom. The van der Waals surface area contributed by atoms with Crippen LogP contribution in [0.5, 0.6) is 0 Å². The molecule has 2 aliphatic rings. The normalized spacial score (nSPS) is 25.2. The second-order valence-electron chi connectivity index (χ2n) is 9.22. The summed E-state index contributed by atoms with van der Waals surface area (Å²) in [5, 5.41) is 3.30. The van der Waals surface area contributed by atoms with Gasteiger partial charge in [0.1, 0.15) is 11.4 Å². The molecule has 3 amide bonds. The molecule has 29 heavy (non-hydrogen) atoms. The van der Waals surface area contributed by atoms with Gasteiger partial charge in [-0.15, -0.1) is 0 Å². The molecule has 0 aromatic heterocycles. The third kappa shape index (κ3) is 4.29. The predicted octanol–water partition coefficient (Wildman–Crippen LogP) is 4.79. The Kier molecular flexibility index (Phi) is 6.25. The Bertz CT molecular complexity index is 770. The zero-order chi connectivity index (χ0) is 21.4. The molecular formula is C22H31ClFN3O2. The maximum Gasteiger partial charge on any atom is 0.326 e. The molecule has 1 saturated heterocycles. The Morgan fingerprint density at radius 2 is 1.97 bits per heavy atom. The van der Waals surface area contributed by atoms with Crippen molar-refractivity contribution in [3.63, 3.8) is 0 Å². The summed E-state index contributed by atoms with van der Waals surface area (Å²) in [5.41, 5.74) is -0.180. The first-order valence-corrected chi connectivity index (χ1v) is 10.7. The van der Waals surface area contributed by atoms with Crippen LogP contribution in [0.15, 0.2) is 18.2 Å². The number of rotatable bonds is 6. The van der Waals surface area contributed by atoms with Crippen LogP contribution in [0.25, 0.3) is 0 Å². The van der Waals surface area contributed by atoms with E-state index in [2.05, 4.69) is 26.1 Å². The van der Waals surface area contributed by atoms with Gasteiger partial charge in [0, 0.05) is 17.1 Å². The Morgan fingerprint density at radius 3 is 2.55 bits per heavy atom. The third-order valence-corrected chi connectivity index (χ3v) is 7.33. The largest absolute Gasteiger partial charge is 0.326 e. The summed E-state index contributed by atoms with van der Waals surface area (Å²) < 4.78 is 14.1. The van der Waals surface area contributed by atoms with E-state index in [0.29, 0.717) is 29.3 Å². The highest BCUT2D eigenvalue weighted by Crippen LogP contribution is 2.45. The number of carbonyl (C=O) groups is 2. The standard InChI is InChI=1S/C22H31ClFN3O2/c1-5-21(2,3)15-9-11-22(12-10-15)19(28)27(20(29)25-22)14-26(4)13-16-17(23)7-6-8-18(16)24/h6-8,15H,5,9-14H2,1-4H3,(H,25,29). The number of urea groups is 1. The van der Waals surface area contributed by atoms with Gasteiger partial charge in [0.15, 0.2) is 0 Å². The smallest absolute Gasteiger partial charge is 0.323 e. The Hall–Kier alpha value is -1.66. The van der Waals surface area contributed by atoms with Crippen molar-refractivity contribution < 1.29 is 14.0 Å². The van der Waals surface area contributed by atoms with E-state index in [-0.39, 0.29) is 30.6 Å². The lowest BCUT2D eigenvalue weighted by atomic mass is 9.65. The van der Waals surface area contributed by atoms with Crippen LogP contribution in [0.3, 0.4) is 0 Å². The zero-order valence-electron chi connectivity index (χ0n) is 17.7. The number of halogens is 2. The molecule has 5 nitrogen and oxygen atoms in total. The van der Waals surface area contributed by atoms with E-state index in [1.54, 1.807) is 24.1 Å². The number of benzene rings is 1. The highest BCUT2D eigenvalue weighted by Gasteiger charge is 2.53. The number of nitrogens with zero attached hydrogens (tertiary/aromatic N) is 2. The molecule has 1 aliphatic heterocycles. The first-order chi connectivity index (χ1) is 13.6. The molecular weight excluding hydrogens is 393 g/mol. The van der Waals surface area contributed by atoms with Gasteiger partial charge in [0.2, 0.25) is 0 Å². The van der Waals surface area contributed by atoms with Crippen molar-refractivity contribution in [3.05, 3.63) is 34.6 Å². The third-order valence-electron chi connectivity index (χ3n) is 6.97. The number of amides is 3. The van der Waals surface area contributed by atoms with Crippen molar-refractivity contribution in [2.24, 2.45) is 11.3 Å². The minimum atomic E-state index is -0.784. The quantitative estimate of drug-likeness (QED) is 0.669. The molecule has 3 rings (SSSR count). The van der Waals surface area contributed by atoms with Crippen LogP contribution in [0, 0.1) is 17.2 Å². The van der Waals surface area contributed by atoms with Crippen molar-refractivity contribution in [3.8, 4) is 0 Å². The first kappa shape index (κ1) is 22.0. The summed E-state index contributed by atoms with van der Waals surface area (Å²) in [5.74, 6) is -0.000588. The summed E-state index contributed by atoms with van der Waals surface area (Å²) in [6.45, 7) is 7.06. The lowest BCUT2D eigenvalue weighted by Crippen LogP contribution is -2.51. The molecule has 7 heteroatoms. The predicted molar refractivity (Wildman–Crippen MR) is 112 cm³/mol. The van der Waals surface area contributed by atoms with E-state index in [1.807, 2.05) is 0 Å². The fraction of sp³-hybridized carbons (Fsp3) is 0.636. The number of hydrogen-bond donors (Lipinski definition) is 1. The zero-order valence-corrected chi connectivity index (χ0v) is 18.5. The van der Waals surface area contributed by atoms with E-state index in [9.17, 15) is 14.0 Å². The fourth-order valence-electron chi connectivity index (χ4n) is 4.57. The lowest BCUT2D eigenvalue weighted by molar-refractivity contribution is -0.134. The Labute approximate surface area is 177 Å². The summed E-state index contributed by atoms with van der Waals surface area (Å²) in [4.78, 5) is 28.7. The molecule has 2 fully saturated rings. The lowest BCUT2D eigenvalue weighted by Gasteiger charge is -2.42.